The van der Waals surface area contributed by atoms with Crippen molar-refractivity contribution in [2.45, 2.75) is 104 Å². The maximum absolute atomic E-state index is 12.0. The molecule has 2 aromatic rings. The van der Waals surface area contributed by atoms with Gasteiger partial charge in [-0.05, 0) is 51.2 Å². The van der Waals surface area contributed by atoms with E-state index in [1.54, 1.807) is 6.07 Å². The Labute approximate surface area is 188 Å². The minimum Gasteiger partial charge on any atom is -0.450 e. The molecule has 0 bridgehead atoms. The maximum Gasteiger partial charge on any atom is 0.397 e. The summed E-state index contributed by atoms with van der Waals surface area (Å²) in [6.07, 6.45) is 22.7. The number of fused-ring (bicyclic) bond motifs is 1. The number of aryl methyl sites for hydroxylation is 1. The Morgan fingerprint density at radius 2 is 1.48 bits per heavy atom. The minimum atomic E-state index is -0.385. The summed E-state index contributed by atoms with van der Waals surface area (Å²) in [5, 5.41) is 0.504. The number of allylic oxidation sites excluding steroid dienone is 2. The highest BCUT2D eigenvalue weighted by Gasteiger charge is 2.07. The van der Waals surface area contributed by atoms with Crippen LogP contribution in [0.1, 0.15) is 102 Å². The first-order valence-electron chi connectivity index (χ1n) is 12.4. The predicted octanol–water partition coefficient (Wildman–Crippen LogP) is 7.91. The third-order valence-corrected chi connectivity index (χ3v) is 5.65. The first-order chi connectivity index (χ1) is 15.2. The average molecular weight is 428 g/mol. The van der Waals surface area contributed by atoms with Crippen molar-refractivity contribution in [2.24, 2.45) is 0 Å². The highest BCUT2D eigenvalue weighted by Crippen LogP contribution is 2.15. The van der Waals surface area contributed by atoms with Crippen LogP contribution in [0.4, 0.5) is 0 Å². The van der Waals surface area contributed by atoms with Gasteiger partial charge in [-0.2, -0.15) is 4.98 Å². The number of unbranched alkanes of at least 4 members (excludes halogenated alkanes) is 12. The number of rotatable bonds is 17. The molecular weight excluding hydrogens is 386 g/mol. The normalized spacial score (nSPS) is 11.5. The fourth-order valence-electron chi connectivity index (χ4n) is 3.74. The molecule has 1 aromatic carbocycles. The van der Waals surface area contributed by atoms with Gasteiger partial charge in [-0.15, -0.1) is 0 Å². The van der Waals surface area contributed by atoms with E-state index in [4.69, 9.17) is 9.15 Å². The molecule has 2 rings (SSSR count). The van der Waals surface area contributed by atoms with Crippen LogP contribution < -0.4 is 10.4 Å². The van der Waals surface area contributed by atoms with E-state index in [0.29, 0.717) is 17.5 Å². The Bertz CT molecular complexity index is 825. The molecule has 0 unspecified atom stereocenters. The molecule has 4 nitrogen and oxygen atoms in total. The molecule has 0 saturated carbocycles. The van der Waals surface area contributed by atoms with Crippen LogP contribution in [0.5, 0.6) is 6.08 Å². The standard InChI is InChI=1S/C27H41NO3/c1-3-4-5-6-7-8-9-10-11-12-13-14-15-16-17-18-21-30-27-28-25-20-19-23(2)22-24(25)26(29)31-27/h10-11,19-20,22H,3-9,12-18,21H2,1-2H3/b11-10+. The summed E-state index contributed by atoms with van der Waals surface area (Å²) < 4.78 is 10.7. The number of benzene rings is 1. The zero-order chi connectivity index (χ0) is 22.2. The number of hydrogen-bond donors (Lipinski definition) is 0. The molecule has 172 valence electrons. The van der Waals surface area contributed by atoms with Crippen molar-refractivity contribution in [3.8, 4) is 6.08 Å². The smallest absolute Gasteiger partial charge is 0.397 e. The summed E-state index contributed by atoms with van der Waals surface area (Å²) >= 11 is 0. The second-order valence-electron chi connectivity index (χ2n) is 8.57. The highest BCUT2D eigenvalue weighted by molar-refractivity contribution is 5.77. The Hall–Kier alpha value is -2.10. The summed E-state index contributed by atoms with van der Waals surface area (Å²) in [5.74, 6) is 0. The minimum absolute atomic E-state index is 0.0779. The van der Waals surface area contributed by atoms with E-state index in [0.717, 1.165) is 18.4 Å². The van der Waals surface area contributed by atoms with Gasteiger partial charge in [0.15, 0.2) is 0 Å². The molecule has 0 N–H and O–H groups in total. The lowest BCUT2D eigenvalue weighted by molar-refractivity contribution is 0.211. The molecule has 0 saturated heterocycles. The van der Waals surface area contributed by atoms with Gasteiger partial charge in [0.05, 0.1) is 17.5 Å². The lowest BCUT2D eigenvalue weighted by Crippen LogP contribution is -2.06. The fraction of sp³-hybridized carbons (Fsp3) is 0.630. The zero-order valence-corrected chi connectivity index (χ0v) is 19.7. The second-order valence-corrected chi connectivity index (χ2v) is 8.57. The molecule has 0 aliphatic heterocycles. The van der Waals surface area contributed by atoms with Gasteiger partial charge in [-0.25, -0.2) is 4.79 Å². The first kappa shape index (κ1) is 25.2. The molecule has 0 fully saturated rings. The van der Waals surface area contributed by atoms with E-state index >= 15 is 0 Å². The number of ether oxygens (including phenoxy) is 1. The largest absolute Gasteiger partial charge is 0.450 e. The summed E-state index contributed by atoms with van der Waals surface area (Å²) in [6, 6.07) is 5.56. The Kier molecular flexibility index (Phi) is 12.7. The van der Waals surface area contributed by atoms with Gasteiger partial charge >= 0.3 is 11.7 Å². The van der Waals surface area contributed by atoms with Crippen LogP contribution in [0, 0.1) is 6.92 Å². The van der Waals surface area contributed by atoms with Crippen molar-refractivity contribution >= 4 is 10.9 Å². The monoisotopic (exact) mass is 427 g/mol. The Balaban J connectivity index is 1.44. The molecule has 0 aliphatic carbocycles. The summed E-state index contributed by atoms with van der Waals surface area (Å²) in [5.41, 5.74) is 1.25. The third kappa shape index (κ3) is 10.7. The average Bonchev–Trinajstić information content (AvgIpc) is 2.76. The quantitative estimate of drug-likeness (QED) is 0.190. The summed E-state index contributed by atoms with van der Waals surface area (Å²) in [7, 11) is 0. The van der Waals surface area contributed by atoms with Crippen LogP contribution in [0.3, 0.4) is 0 Å². The van der Waals surface area contributed by atoms with Crippen LogP contribution in [0.25, 0.3) is 10.9 Å². The Morgan fingerprint density at radius 3 is 2.16 bits per heavy atom. The number of hydrogen-bond acceptors (Lipinski definition) is 4. The van der Waals surface area contributed by atoms with Gasteiger partial charge < -0.3 is 9.15 Å². The topological polar surface area (TPSA) is 52.3 Å². The van der Waals surface area contributed by atoms with Crippen LogP contribution >= 0.6 is 0 Å². The third-order valence-electron chi connectivity index (χ3n) is 5.65. The molecule has 0 radical (unpaired) electrons. The maximum atomic E-state index is 12.0. The van der Waals surface area contributed by atoms with Crippen molar-refractivity contribution in [1.82, 2.24) is 4.98 Å². The number of aromatic nitrogens is 1. The van der Waals surface area contributed by atoms with Crippen LogP contribution in [-0.2, 0) is 0 Å². The predicted molar refractivity (Wildman–Crippen MR) is 130 cm³/mol. The van der Waals surface area contributed by atoms with E-state index < -0.39 is 0 Å². The van der Waals surface area contributed by atoms with Crippen molar-refractivity contribution in [3.63, 3.8) is 0 Å². The van der Waals surface area contributed by atoms with E-state index in [-0.39, 0.29) is 11.7 Å². The zero-order valence-electron chi connectivity index (χ0n) is 19.7. The Morgan fingerprint density at radius 1 is 0.871 bits per heavy atom. The molecule has 0 amide bonds. The van der Waals surface area contributed by atoms with Gasteiger partial charge in [-0.1, -0.05) is 88.5 Å². The van der Waals surface area contributed by atoms with E-state index in [1.165, 1.54) is 77.0 Å². The molecule has 31 heavy (non-hydrogen) atoms. The number of nitrogens with zero attached hydrogens (tertiary/aromatic N) is 1. The van der Waals surface area contributed by atoms with Crippen molar-refractivity contribution in [3.05, 3.63) is 46.3 Å². The van der Waals surface area contributed by atoms with Gasteiger partial charge in [0.1, 0.15) is 0 Å². The molecule has 0 spiro atoms. The van der Waals surface area contributed by atoms with Gasteiger partial charge in [0, 0.05) is 0 Å². The van der Waals surface area contributed by atoms with Gasteiger partial charge in [0.2, 0.25) is 0 Å². The summed E-state index contributed by atoms with van der Waals surface area (Å²) in [4.78, 5) is 16.3. The van der Waals surface area contributed by atoms with E-state index in [2.05, 4.69) is 24.1 Å². The van der Waals surface area contributed by atoms with Crippen molar-refractivity contribution < 1.29 is 9.15 Å². The molecule has 1 aromatic heterocycles. The lowest BCUT2D eigenvalue weighted by Gasteiger charge is -2.05. The van der Waals surface area contributed by atoms with Gasteiger partial charge in [-0.3, -0.25) is 0 Å². The SMILES string of the molecule is CCCCCCCC/C=C/CCCCCCCCOc1nc2ccc(C)cc2c(=O)o1. The van der Waals surface area contributed by atoms with E-state index in [9.17, 15) is 4.79 Å². The first-order valence-corrected chi connectivity index (χ1v) is 12.4. The van der Waals surface area contributed by atoms with Crippen LogP contribution in [-0.4, -0.2) is 11.6 Å². The lowest BCUT2D eigenvalue weighted by atomic mass is 10.1. The van der Waals surface area contributed by atoms with Crippen molar-refractivity contribution in [1.29, 1.82) is 0 Å². The van der Waals surface area contributed by atoms with E-state index in [1.807, 2.05) is 19.1 Å². The molecular formula is C27H41NO3. The van der Waals surface area contributed by atoms with Gasteiger partial charge in [0.25, 0.3) is 0 Å². The summed E-state index contributed by atoms with van der Waals surface area (Å²) in [6.45, 7) is 4.75. The van der Waals surface area contributed by atoms with Crippen LogP contribution in [0.2, 0.25) is 0 Å². The van der Waals surface area contributed by atoms with Crippen molar-refractivity contribution in [2.75, 3.05) is 6.61 Å². The fourth-order valence-corrected chi connectivity index (χ4v) is 3.74. The molecule has 1 heterocycles. The molecule has 4 heteroatoms. The second kappa shape index (κ2) is 15.7. The van der Waals surface area contributed by atoms with Crippen LogP contribution in [0.15, 0.2) is 39.6 Å². The molecule has 0 atom stereocenters. The molecule has 0 aliphatic rings. The highest BCUT2D eigenvalue weighted by atomic mass is 16.6.